The molecule has 0 saturated heterocycles. The Morgan fingerprint density at radius 2 is 1.26 bits per heavy atom. The van der Waals surface area contributed by atoms with Gasteiger partial charge in [-0.15, -0.1) is 0 Å². The molecule has 0 amide bonds. The van der Waals surface area contributed by atoms with E-state index < -0.39 is 10.2 Å². The molecule has 4 aromatic rings. The van der Waals surface area contributed by atoms with E-state index in [0.29, 0.717) is 28.0 Å². The Morgan fingerprint density at radius 1 is 0.710 bits per heavy atom. The maximum Gasteiger partial charge on any atom is 0.321 e. The molecule has 0 atom stereocenters. The van der Waals surface area contributed by atoms with Gasteiger partial charge in [0.05, 0.1) is 11.4 Å². The minimum absolute atomic E-state index is 0.401. The van der Waals surface area contributed by atoms with Gasteiger partial charge in [-0.3, -0.25) is 14.4 Å². The van der Waals surface area contributed by atoms with Crippen molar-refractivity contribution in [1.82, 2.24) is 9.97 Å². The van der Waals surface area contributed by atoms with E-state index >= 15 is 0 Å². The summed E-state index contributed by atoms with van der Waals surface area (Å²) in [4.78, 5) is 7.97. The first kappa shape index (κ1) is 20.6. The molecule has 2 heterocycles. The summed E-state index contributed by atoms with van der Waals surface area (Å²) >= 11 is 5.80. The highest BCUT2D eigenvalue weighted by Gasteiger charge is 2.11. The molecule has 0 aliphatic carbocycles. The van der Waals surface area contributed by atoms with Crippen molar-refractivity contribution in [3.8, 4) is 22.6 Å². The number of hydrogen-bond donors (Lipinski definition) is 2. The summed E-state index contributed by atoms with van der Waals surface area (Å²) < 4.78 is 35.6. The summed E-state index contributed by atoms with van der Waals surface area (Å²) in [5, 5.41) is 0.413. The Hall–Kier alpha value is -3.62. The van der Waals surface area contributed by atoms with Crippen molar-refractivity contribution in [2.45, 2.75) is 0 Å². The average molecular weight is 453 g/mol. The van der Waals surface area contributed by atoms with Crippen LogP contribution in [0.25, 0.3) is 11.1 Å². The third-order valence-electron chi connectivity index (χ3n) is 4.19. The molecule has 0 aliphatic rings. The third-order valence-corrected chi connectivity index (χ3v) is 5.42. The smallest absolute Gasteiger partial charge is 0.321 e. The number of rotatable bonds is 7. The lowest BCUT2D eigenvalue weighted by Gasteiger charge is -2.12. The second kappa shape index (κ2) is 9.03. The van der Waals surface area contributed by atoms with E-state index in [1.54, 1.807) is 85.3 Å². The number of anilines is 2. The van der Waals surface area contributed by atoms with Crippen LogP contribution in [0, 0.1) is 0 Å². The Balaban J connectivity index is 1.39. The van der Waals surface area contributed by atoms with Crippen LogP contribution in [0.3, 0.4) is 0 Å². The minimum atomic E-state index is -3.82. The quantitative estimate of drug-likeness (QED) is 0.368. The van der Waals surface area contributed by atoms with Crippen LogP contribution in [0.5, 0.6) is 11.5 Å². The van der Waals surface area contributed by atoms with Crippen molar-refractivity contribution in [2.75, 3.05) is 9.44 Å². The highest BCUT2D eigenvalue weighted by atomic mass is 35.5. The van der Waals surface area contributed by atoms with Gasteiger partial charge in [0.25, 0.3) is 0 Å². The number of nitrogens with one attached hydrogen (secondary N) is 2. The zero-order valence-corrected chi connectivity index (χ0v) is 17.6. The minimum Gasteiger partial charge on any atom is -0.457 e. The summed E-state index contributed by atoms with van der Waals surface area (Å²) in [5.41, 5.74) is 2.60. The van der Waals surface area contributed by atoms with Gasteiger partial charge in [-0.1, -0.05) is 23.7 Å². The highest BCUT2D eigenvalue weighted by Crippen LogP contribution is 2.24. The molecule has 0 spiro atoms. The third kappa shape index (κ3) is 5.71. The number of hydrogen-bond acceptors (Lipinski definition) is 5. The van der Waals surface area contributed by atoms with Crippen molar-refractivity contribution in [1.29, 1.82) is 0 Å². The van der Waals surface area contributed by atoms with Gasteiger partial charge in [0.15, 0.2) is 0 Å². The molecule has 2 aromatic heterocycles. The molecule has 4 rings (SSSR count). The zero-order valence-electron chi connectivity index (χ0n) is 16.1. The van der Waals surface area contributed by atoms with Crippen molar-refractivity contribution in [3.05, 3.63) is 96.5 Å². The monoisotopic (exact) mass is 452 g/mol. The van der Waals surface area contributed by atoms with E-state index in [1.165, 1.54) is 0 Å². The fraction of sp³-hybridized carbons (Fsp3) is 0. The second-order valence-corrected chi connectivity index (χ2v) is 8.27. The first-order valence-electron chi connectivity index (χ1n) is 9.17. The van der Waals surface area contributed by atoms with Gasteiger partial charge in [-0.05, 0) is 66.2 Å². The number of aromatic nitrogens is 2. The SMILES string of the molecule is O=S(=O)(Nc1ccc(Oc2ccncc2)cc1)Nc1ccc(-c2ccc(Cl)nc2)cc1. The molecule has 0 bridgehead atoms. The van der Waals surface area contributed by atoms with Crippen molar-refractivity contribution in [2.24, 2.45) is 0 Å². The summed E-state index contributed by atoms with van der Waals surface area (Å²) in [5.74, 6) is 1.22. The standard InChI is InChI=1S/C22H17ClN4O3S/c23-22-10-3-17(15-25-22)16-1-4-18(5-2-16)26-31(28,29)27-19-6-8-20(9-7-19)30-21-11-13-24-14-12-21/h1-15,26-27H. The molecule has 156 valence electrons. The molecular formula is C22H17ClN4O3S. The van der Waals surface area contributed by atoms with Crippen molar-refractivity contribution in [3.63, 3.8) is 0 Å². The molecule has 2 N–H and O–H groups in total. The van der Waals surface area contributed by atoms with Gasteiger partial charge in [0.1, 0.15) is 16.7 Å². The van der Waals surface area contributed by atoms with Gasteiger partial charge < -0.3 is 4.74 Å². The molecule has 0 saturated carbocycles. The van der Waals surface area contributed by atoms with Crippen LogP contribution < -0.4 is 14.2 Å². The van der Waals surface area contributed by atoms with Gasteiger partial charge in [0, 0.05) is 24.2 Å². The van der Waals surface area contributed by atoms with Gasteiger partial charge >= 0.3 is 10.2 Å². The molecule has 7 nitrogen and oxygen atoms in total. The molecule has 0 unspecified atom stereocenters. The first-order chi connectivity index (χ1) is 15.0. The summed E-state index contributed by atoms with van der Waals surface area (Å²) in [6.45, 7) is 0. The van der Waals surface area contributed by atoms with Gasteiger partial charge in [-0.25, -0.2) is 4.98 Å². The predicted molar refractivity (Wildman–Crippen MR) is 122 cm³/mol. The lowest BCUT2D eigenvalue weighted by molar-refractivity contribution is 0.482. The summed E-state index contributed by atoms with van der Waals surface area (Å²) in [6, 6.07) is 20.5. The fourth-order valence-corrected chi connectivity index (χ4v) is 3.80. The lowest BCUT2D eigenvalue weighted by atomic mass is 10.1. The maximum absolute atomic E-state index is 12.5. The Morgan fingerprint density at radius 3 is 1.84 bits per heavy atom. The zero-order chi connectivity index (χ0) is 21.7. The molecule has 31 heavy (non-hydrogen) atoms. The first-order valence-corrected chi connectivity index (χ1v) is 11.0. The summed E-state index contributed by atoms with van der Waals surface area (Å²) in [6.07, 6.45) is 4.91. The average Bonchev–Trinajstić information content (AvgIpc) is 2.77. The van der Waals surface area contributed by atoms with E-state index in [1.807, 2.05) is 6.07 Å². The Labute approximate surface area is 184 Å². The second-order valence-electron chi connectivity index (χ2n) is 6.46. The van der Waals surface area contributed by atoms with Crippen molar-refractivity contribution < 1.29 is 13.2 Å². The number of ether oxygens (including phenoxy) is 1. The van der Waals surface area contributed by atoms with Crippen LogP contribution in [0.15, 0.2) is 91.4 Å². The van der Waals surface area contributed by atoms with E-state index in [2.05, 4.69) is 19.4 Å². The van der Waals surface area contributed by atoms with E-state index in [4.69, 9.17) is 16.3 Å². The number of nitrogens with zero attached hydrogens (tertiary/aromatic N) is 2. The van der Waals surface area contributed by atoms with Crippen LogP contribution in [-0.2, 0) is 10.2 Å². The number of pyridine rings is 2. The topological polar surface area (TPSA) is 93.2 Å². The van der Waals surface area contributed by atoms with Crippen molar-refractivity contribution >= 4 is 33.2 Å². The van der Waals surface area contributed by atoms with E-state index in [-0.39, 0.29) is 0 Å². The molecule has 0 fully saturated rings. The largest absolute Gasteiger partial charge is 0.457 e. The van der Waals surface area contributed by atoms with Crippen LogP contribution in [0.4, 0.5) is 11.4 Å². The molecule has 0 aliphatic heterocycles. The Bertz CT molecular complexity index is 1250. The highest BCUT2D eigenvalue weighted by molar-refractivity contribution is 7.94. The molecule has 2 aromatic carbocycles. The normalized spacial score (nSPS) is 11.0. The lowest BCUT2D eigenvalue weighted by Crippen LogP contribution is -2.21. The van der Waals surface area contributed by atoms with E-state index in [9.17, 15) is 8.42 Å². The van der Waals surface area contributed by atoms with Crippen LogP contribution in [0.2, 0.25) is 5.15 Å². The maximum atomic E-state index is 12.5. The molecule has 0 radical (unpaired) electrons. The van der Waals surface area contributed by atoms with Crippen LogP contribution in [0.1, 0.15) is 0 Å². The molecule has 9 heteroatoms. The van der Waals surface area contributed by atoms with Crippen LogP contribution >= 0.6 is 11.6 Å². The summed E-state index contributed by atoms with van der Waals surface area (Å²) in [7, 11) is -3.82. The Kier molecular flexibility index (Phi) is 6.01. The fourth-order valence-electron chi connectivity index (χ4n) is 2.75. The van der Waals surface area contributed by atoms with Gasteiger partial charge in [0.2, 0.25) is 0 Å². The van der Waals surface area contributed by atoms with Gasteiger partial charge in [-0.2, -0.15) is 8.42 Å². The number of benzene rings is 2. The predicted octanol–water partition coefficient (Wildman–Crippen LogP) is 5.36. The number of halogens is 1. The van der Waals surface area contributed by atoms with E-state index in [0.717, 1.165) is 11.1 Å². The molecular weight excluding hydrogens is 436 g/mol. The van der Waals surface area contributed by atoms with Crippen LogP contribution in [-0.4, -0.2) is 18.4 Å².